The van der Waals surface area contributed by atoms with E-state index < -0.39 is 12.1 Å². The van der Waals surface area contributed by atoms with Crippen LogP contribution in [0.3, 0.4) is 0 Å². The van der Waals surface area contributed by atoms with Crippen molar-refractivity contribution in [2.24, 2.45) is 23.7 Å². The van der Waals surface area contributed by atoms with Crippen LogP contribution in [0.25, 0.3) is 0 Å². The topological polar surface area (TPSA) is 251 Å². The van der Waals surface area contributed by atoms with Gasteiger partial charge in [0.25, 0.3) is 0 Å². The summed E-state index contributed by atoms with van der Waals surface area (Å²) < 4.78 is 26.5. The minimum Gasteiger partial charge on any atom is -0.410 e. The summed E-state index contributed by atoms with van der Waals surface area (Å²) in [7, 11) is 3.33. The molecule has 0 bridgehead atoms. The van der Waals surface area contributed by atoms with Crippen molar-refractivity contribution in [3.05, 3.63) is 30.3 Å². The lowest BCUT2D eigenvalue weighted by Gasteiger charge is -2.27. The van der Waals surface area contributed by atoms with E-state index in [1.807, 2.05) is 47.6 Å². The number of ketones is 4. The van der Waals surface area contributed by atoms with Crippen LogP contribution in [0, 0.1) is 23.7 Å². The zero-order valence-corrected chi connectivity index (χ0v) is 56.5. The van der Waals surface area contributed by atoms with E-state index >= 15 is 0 Å². The van der Waals surface area contributed by atoms with Crippen LogP contribution in [0.1, 0.15) is 139 Å². The number of urea groups is 1. The minimum atomic E-state index is -0.581. The van der Waals surface area contributed by atoms with E-state index in [1.165, 1.54) is 6.92 Å². The Morgan fingerprint density at radius 1 is 0.455 bits per heavy atom. The monoisotopic (exact) mass is 1260 g/mol. The quantitative estimate of drug-likeness (QED) is 0.0424. The molecule has 0 radical (unpaired) electrons. The fourth-order valence-electron chi connectivity index (χ4n) is 10.3. The van der Waals surface area contributed by atoms with Crippen molar-refractivity contribution in [2.75, 3.05) is 145 Å². The Bertz CT molecular complexity index is 2050. The third kappa shape index (κ3) is 34.5. The third-order valence-corrected chi connectivity index (χ3v) is 17.2. The van der Waals surface area contributed by atoms with E-state index in [0.29, 0.717) is 36.5 Å². The van der Waals surface area contributed by atoms with Gasteiger partial charge in [-0.2, -0.15) is 0 Å². The van der Waals surface area contributed by atoms with Crippen LogP contribution in [-0.4, -0.2) is 236 Å². The molecule has 5 rings (SSSR count). The summed E-state index contributed by atoms with van der Waals surface area (Å²) in [5, 5.41) is 17.4. The molecule has 0 saturated carbocycles. The molecule has 8 unspecified atom stereocenters. The highest BCUT2D eigenvalue weighted by molar-refractivity contribution is 7.80. The number of benzene rings is 1. The number of carbonyl (C=O) groups is 7. The molecule has 1 aromatic rings. The fraction of sp³-hybridized carbons (Fsp3) is 0.785. The molecular formula is C65H116N10O12S. The Hall–Kier alpha value is -4.72. The second kappa shape index (κ2) is 48.1. The maximum Gasteiger partial charge on any atom is 0.413 e. The van der Waals surface area contributed by atoms with Crippen molar-refractivity contribution in [3.8, 4) is 5.75 Å². The molecule has 23 heteroatoms. The Kier molecular flexibility index (Phi) is 43.4. The molecule has 8 atom stereocenters. The number of para-hydroxylation sites is 1. The summed E-state index contributed by atoms with van der Waals surface area (Å²) in [6.07, 6.45) is 8.43. The van der Waals surface area contributed by atoms with Gasteiger partial charge in [0.15, 0.2) is 28.2 Å². The molecule has 4 amide bonds. The molecule has 22 nitrogen and oxygen atoms in total. The summed E-state index contributed by atoms with van der Waals surface area (Å²) in [4.78, 5) is 93.9. The molecule has 4 heterocycles. The Morgan fingerprint density at radius 3 is 1.03 bits per heavy atom. The number of ether oxygens (including phenoxy) is 5. The first-order valence-electron chi connectivity index (χ1n) is 32.9. The van der Waals surface area contributed by atoms with Crippen molar-refractivity contribution < 1.29 is 57.2 Å². The SMILES string of the molecule is CCC(C)C(NC(=O)NC)C(=O)CCCN1CCOCC1.CCC(C)C(NC(=O)Oc1ccccc1)C(=O)CCCN1CCOCC1.CCC(C)C(NC(=S)NC)C(=O)CCCN1CCOCC1.CCC(C)C(NC(C)=O)C(=O)CCCN1CCOCC1. The number of nitrogens with zero attached hydrogens (tertiary/aromatic N) is 4. The van der Waals surface area contributed by atoms with Crippen molar-refractivity contribution in [1.82, 2.24) is 51.5 Å². The summed E-state index contributed by atoms with van der Waals surface area (Å²) in [6.45, 7) is 35.3. The Morgan fingerprint density at radius 2 is 0.750 bits per heavy atom. The first-order chi connectivity index (χ1) is 42.3. The highest BCUT2D eigenvalue weighted by Gasteiger charge is 2.29. The average Bonchev–Trinajstić information content (AvgIpc) is 3.67. The maximum atomic E-state index is 12.7. The zero-order chi connectivity index (χ0) is 65.1. The second-order valence-corrected chi connectivity index (χ2v) is 24.0. The van der Waals surface area contributed by atoms with Gasteiger partial charge in [-0.3, -0.25) is 43.6 Å². The first-order valence-corrected chi connectivity index (χ1v) is 33.3. The minimum absolute atomic E-state index is 0.0641. The highest BCUT2D eigenvalue weighted by atomic mass is 32.1. The van der Waals surface area contributed by atoms with Crippen molar-refractivity contribution in [1.29, 1.82) is 0 Å². The largest absolute Gasteiger partial charge is 0.413 e. The molecule has 4 aliphatic heterocycles. The van der Waals surface area contributed by atoms with Crippen molar-refractivity contribution in [2.45, 2.75) is 164 Å². The number of amides is 4. The number of rotatable bonds is 33. The smallest absolute Gasteiger partial charge is 0.410 e. The lowest BCUT2D eigenvalue weighted by molar-refractivity contribution is -0.128. The first kappa shape index (κ1) is 79.4. The van der Waals surface area contributed by atoms with E-state index in [4.69, 9.17) is 35.9 Å². The fourth-order valence-corrected chi connectivity index (χ4v) is 10.5. The van der Waals surface area contributed by atoms with Crippen LogP contribution in [0.2, 0.25) is 0 Å². The lowest BCUT2D eigenvalue weighted by atomic mass is 9.93. The van der Waals surface area contributed by atoms with Gasteiger partial charge in [-0.1, -0.05) is 99.3 Å². The van der Waals surface area contributed by atoms with Gasteiger partial charge < -0.3 is 55.6 Å². The van der Waals surface area contributed by atoms with Crippen LogP contribution < -0.4 is 36.6 Å². The van der Waals surface area contributed by atoms with Gasteiger partial charge in [-0.05, 0) is 99.9 Å². The van der Waals surface area contributed by atoms with E-state index in [9.17, 15) is 33.6 Å². The van der Waals surface area contributed by atoms with Crippen LogP contribution in [0.15, 0.2) is 30.3 Å². The Labute approximate surface area is 533 Å². The molecule has 4 fully saturated rings. The molecule has 504 valence electrons. The number of Topliss-reactive ketones (excluding diaryl/α,β-unsaturated/α-hetero) is 4. The van der Waals surface area contributed by atoms with Crippen molar-refractivity contribution in [3.63, 3.8) is 0 Å². The van der Waals surface area contributed by atoms with Gasteiger partial charge in [0, 0.05) is 99.1 Å². The van der Waals surface area contributed by atoms with Gasteiger partial charge in [-0.15, -0.1) is 0 Å². The predicted octanol–water partition coefficient (Wildman–Crippen LogP) is 6.28. The summed E-state index contributed by atoms with van der Waals surface area (Å²) in [5.74, 6) is 1.63. The molecule has 0 aliphatic carbocycles. The summed E-state index contributed by atoms with van der Waals surface area (Å²) in [6, 6.07) is 7.16. The third-order valence-electron chi connectivity index (χ3n) is 16.9. The van der Waals surface area contributed by atoms with Gasteiger partial charge >= 0.3 is 12.1 Å². The number of hydrogen-bond acceptors (Lipinski definition) is 17. The van der Waals surface area contributed by atoms with Crippen LogP contribution in [0.4, 0.5) is 9.59 Å². The van der Waals surface area contributed by atoms with Gasteiger partial charge in [-0.25, -0.2) is 9.59 Å². The number of morpholine rings is 4. The number of hydrogen-bond donors (Lipinski definition) is 6. The Balaban J connectivity index is 0.000000402. The van der Waals surface area contributed by atoms with E-state index in [2.05, 4.69) is 65.3 Å². The standard InChI is InChI=1S/C20H30N2O4.C15H29N3O3.C15H29N3O2S.C15H28N2O3/c1-3-16(2)19(21-20(24)26-17-8-5-4-6-9-17)18(23)10-7-11-22-12-14-25-15-13-22;1-4-12(2)14(17-15(20)16-3)13(19)6-5-7-18-8-10-21-11-9-18;1-4-12(2)14(17-15(21)16-3)13(19)6-5-7-18-8-10-20-11-9-18;1-4-12(2)15(16-13(3)18)14(19)6-5-7-17-8-10-20-11-9-17/h4-6,8-9,16,19H,3,7,10-15H2,1-2H3,(H,21,24);12,14H,4-11H2,1-3H3,(H2,16,17,20);12,14H,4-11H2,1-3H3,(H2,16,17,21);12,15H,4-11H2,1-3H3,(H,16,18). The number of thiocarbonyl (C=S) groups is 1. The normalized spacial score (nSPS) is 18.5. The van der Waals surface area contributed by atoms with Crippen LogP contribution in [-0.2, 0) is 42.9 Å². The predicted molar refractivity (Wildman–Crippen MR) is 351 cm³/mol. The molecule has 4 aliphatic rings. The molecule has 1 aromatic carbocycles. The van der Waals surface area contributed by atoms with Crippen molar-refractivity contribution >= 4 is 58.5 Å². The molecular weight excluding hydrogens is 1140 g/mol. The second-order valence-electron chi connectivity index (χ2n) is 23.5. The molecule has 0 spiro atoms. The zero-order valence-electron chi connectivity index (χ0n) is 55.7. The van der Waals surface area contributed by atoms with Gasteiger partial charge in [0.2, 0.25) is 5.91 Å². The molecule has 4 saturated heterocycles. The number of carbonyl (C=O) groups excluding carboxylic acids is 7. The van der Waals surface area contributed by atoms with Gasteiger partial charge in [0.05, 0.1) is 77.0 Å². The van der Waals surface area contributed by atoms with Crippen LogP contribution >= 0.6 is 12.2 Å². The molecule has 6 N–H and O–H groups in total. The number of nitrogens with one attached hydrogen (secondary N) is 6. The van der Waals surface area contributed by atoms with E-state index in [1.54, 1.807) is 38.4 Å². The summed E-state index contributed by atoms with van der Waals surface area (Å²) >= 11 is 5.14. The van der Waals surface area contributed by atoms with E-state index in [-0.39, 0.29) is 76.9 Å². The highest BCUT2D eigenvalue weighted by Crippen LogP contribution is 2.17. The van der Waals surface area contributed by atoms with Crippen LogP contribution in [0.5, 0.6) is 5.75 Å². The van der Waals surface area contributed by atoms with Gasteiger partial charge in [0.1, 0.15) is 5.75 Å². The maximum absolute atomic E-state index is 12.7. The molecule has 88 heavy (non-hydrogen) atoms. The summed E-state index contributed by atoms with van der Waals surface area (Å²) in [5.41, 5.74) is 0. The lowest BCUT2D eigenvalue weighted by Crippen LogP contribution is -2.48. The molecule has 0 aromatic heterocycles. The van der Waals surface area contributed by atoms with E-state index in [0.717, 1.165) is 183 Å². The average molecular weight is 1260 g/mol.